The fourth-order valence-corrected chi connectivity index (χ4v) is 3.35. The summed E-state index contributed by atoms with van der Waals surface area (Å²) in [6, 6.07) is 14.8. The largest absolute Gasteiger partial charge is 0.357 e. The fraction of sp³-hybridized carbons (Fsp3) is 0.300. The summed E-state index contributed by atoms with van der Waals surface area (Å²) in [5, 5.41) is 3.25. The minimum Gasteiger partial charge on any atom is -0.357 e. The Hall–Kier alpha value is -1.98. The van der Waals surface area contributed by atoms with E-state index in [4.69, 9.17) is 11.6 Å². The Labute approximate surface area is 163 Å². The van der Waals surface area contributed by atoms with Gasteiger partial charge in [0.1, 0.15) is 6.04 Å². The van der Waals surface area contributed by atoms with E-state index in [0.717, 1.165) is 10.5 Å². The lowest BCUT2D eigenvalue weighted by Crippen LogP contribution is -2.47. The van der Waals surface area contributed by atoms with Crippen LogP contribution in [0.2, 0.25) is 5.02 Å². The molecule has 6 heteroatoms. The number of carbonyl (C=O) groups is 2. The molecule has 1 unspecified atom stereocenters. The summed E-state index contributed by atoms with van der Waals surface area (Å²) in [5.74, 6) is 0.00659. The molecule has 1 N–H and O–H groups in total. The van der Waals surface area contributed by atoms with Gasteiger partial charge in [0.05, 0.1) is 5.75 Å². The van der Waals surface area contributed by atoms with Crippen LogP contribution < -0.4 is 5.32 Å². The van der Waals surface area contributed by atoms with Crippen LogP contribution in [0.5, 0.6) is 0 Å². The minimum absolute atomic E-state index is 0.0818. The van der Waals surface area contributed by atoms with Crippen molar-refractivity contribution in [1.29, 1.82) is 0 Å². The Balaban J connectivity index is 2.10. The van der Waals surface area contributed by atoms with Gasteiger partial charge >= 0.3 is 0 Å². The molecule has 1 atom stereocenters. The molecule has 0 saturated carbocycles. The smallest absolute Gasteiger partial charge is 0.242 e. The van der Waals surface area contributed by atoms with E-state index < -0.39 is 6.04 Å². The van der Waals surface area contributed by atoms with Crippen molar-refractivity contribution in [3.8, 4) is 0 Å². The van der Waals surface area contributed by atoms with E-state index in [1.54, 1.807) is 31.0 Å². The van der Waals surface area contributed by atoms with E-state index >= 15 is 0 Å². The predicted octanol–water partition coefficient (Wildman–Crippen LogP) is 3.90. The van der Waals surface area contributed by atoms with E-state index in [-0.39, 0.29) is 17.6 Å². The highest BCUT2D eigenvalue weighted by atomic mass is 35.5. The third kappa shape index (κ3) is 5.78. The summed E-state index contributed by atoms with van der Waals surface area (Å²) >= 11 is 7.40. The van der Waals surface area contributed by atoms with Gasteiger partial charge in [-0.15, -0.1) is 11.8 Å². The highest BCUT2D eigenvalue weighted by Crippen LogP contribution is 2.20. The highest BCUT2D eigenvalue weighted by Gasteiger charge is 2.25. The van der Waals surface area contributed by atoms with E-state index in [2.05, 4.69) is 5.32 Å². The maximum atomic E-state index is 12.8. The van der Waals surface area contributed by atoms with Gasteiger partial charge in [0.2, 0.25) is 11.8 Å². The molecule has 2 aromatic rings. The molecule has 0 heterocycles. The van der Waals surface area contributed by atoms with Crippen molar-refractivity contribution < 1.29 is 9.59 Å². The summed E-state index contributed by atoms with van der Waals surface area (Å²) in [6.45, 7) is 4.13. The molecule has 138 valence electrons. The lowest BCUT2D eigenvalue weighted by Gasteiger charge is -2.28. The zero-order chi connectivity index (χ0) is 19.1. The number of aryl methyl sites for hydroxylation is 1. The Morgan fingerprint density at radius 1 is 1.12 bits per heavy atom. The molecule has 0 radical (unpaired) electrons. The van der Waals surface area contributed by atoms with E-state index in [9.17, 15) is 9.59 Å². The number of benzene rings is 2. The molecule has 4 nitrogen and oxygen atoms in total. The molecule has 0 aromatic heterocycles. The number of nitrogens with zero attached hydrogens (tertiary/aromatic N) is 1. The van der Waals surface area contributed by atoms with Crippen molar-refractivity contribution in [2.45, 2.75) is 31.3 Å². The first kappa shape index (κ1) is 20.3. The third-order valence-corrected chi connectivity index (χ3v) is 5.31. The summed E-state index contributed by atoms with van der Waals surface area (Å²) in [4.78, 5) is 27.5. The molecule has 2 rings (SSSR count). The van der Waals surface area contributed by atoms with Gasteiger partial charge in [0, 0.05) is 23.5 Å². The number of hydrogen-bond donors (Lipinski definition) is 1. The van der Waals surface area contributed by atoms with Gasteiger partial charge in [-0.2, -0.15) is 0 Å². The maximum Gasteiger partial charge on any atom is 0.242 e. The Morgan fingerprint density at radius 2 is 1.73 bits per heavy atom. The van der Waals surface area contributed by atoms with E-state index in [0.29, 0.717) is 11.6 Å². The van der Waals surface area contributed by atoms with Crippen LogP contribution in [-0.4, -0.2) is 35.6 Å². The fourth-order valence-electron chi connectivity index (χ4n) is 2.44. The second kappa shape index (κ2) is 9.64. The van der Waals surface area contributed by atoms with Crippen LogP contribution in [0.15, 0.2) is 53.4 Å². The quantitative estimate of drug-likeness (QED) is 0.729. The van der Waals surface area contributed by atoms with Gasteiger partial charge in [-0.1, -0.05) is 41.4 Å². The normalized spacial score (nSPS) is 11.7. The maximum absolute atomic E-state index is 12.8. The Kier molecular flexibility index (Phi) is 7.54. The molecule has 0 aliphatic carbocycles. The van der Waals surface area contributed by atoms with Gasteiger partial charge in [-0.25, -0.2) is 0 Å². The number of nitrogens with one attached hydrogen (secondary N) is 1. The average Bonchev–Trinajstić information content (AvgIpc) is 2.65. The second-order valence-corrected chi connectivity index (χ2v) is 7.53. The number of carbonyl (C=O) groups excluding carboxylic acids is 2. The summed E-state index contributed by atoms with van der Waals surface area (Å²) < 4.78 is 0. The van der Waals surface area contributed by atoms with Crippen LogP contribution in [0.25, 0.3) is 0 Å². The molecule has 2 aromatic carbocycles. The van der Waals surface area contributed by atoms with Gasteiger partial charge in [0.15, 0.2) is 0 Å². The van der Waals surface area contributed by atoms with Gasteiger partial charge in [-0.3, -0.25) is 9.59 Å². The first-order valence-electron chi connectivity index (χ1n) is 8.35. The minimum atomic E-state index is -0.554. The standard InChI is InChI=1S/C20H23ClN2O2S/c1-14-4-10-18(11-5-14)26-13-19(24)23(15(2)20(25)22-3)12-16-6-8-17(21)9-7-16/h4-11,15H,12-13H2,1-3H3,(H,22,25). The second-order valence-electron chi connectivity index (χ2n) is 6.04. The van der Waals surface area contributed by atoms with Crippen molar-refractivity contribution in [2.24, 2.45) is 0 Å². The van der Waals surface area contributed by atoms with E-state index in [1.165, 1.54) is 17.3 Å². The van der Waals surface area contributed by atoms with Gasteiger partial charge < -0.3 is 10.2 Å². The first-order chi connectivity index (χ1) is 12.4. The SMILES string of the molecule is CNC(=O)C(C)N(Cc1ccc(Cl)cc1)C(=O)CSc1ccc(C)cc1. The number of rotatable bonds is 7. The zero-order valence-corrected chi connectivity index (χ0v) is 16.7. The third-order valence-electron chi connectivity index (χ3n) is 4.06. The number of thioether (sulfide) groups is 1. The highest BCUT2D eigenvalue weighted by molar-refractivity contribution is 8.00. The molecule has 0 aliphatic heterocycles. The van der Waals surface area contributed by atoms with Crippen molar-refractivity contribution in [1.82, 2.24) is 10.2 Å². The molecule has 0 spiro atoms. The molecule has 26 heavy (non-hydrogen) atoms. The van der Waals surface area contributed by atoms with E-state index in [1.807, 2.05) is 43.3 Å². The first-order valence-corrected chi connectivity index (χ1v) is 9.72. The number of amides is 2. The molecule has 0 saturated heterocycles. The molecular formula is C20H23ClN2O2S. The van der Waals surface area contributed by atoms with Crippen LogP contribution >= 0.6 is 23.4 Å². The Bertz CT molecular complexity index is 747. The molecule has 2 amide bonds. The van der Waals surface area contributed by atoms with Crippen molar-refractivity contribution in [2.75, 3.05) is 12.8 Å². The van der Waals surface area contributed by atoms with Crippen LogP contribution in [0, 0.1) is 6.92 Å². The van der Waals surface area contributed by atoms with Crippen LogP contribution in [0.3, 0.4) is 0 Å². The molecule has 0 fully saturated rings. The topological polar surface area (TPSA) is 49.4 Å². The monoisotopic (exact) mass is 390 g/mol. The van der Waals surface area contributed by atoms with Crippen molar-refractivity contribution in [3.05, 3.63) is 64.7 Å². The number of likely N-dealkylation sites (N-methyl/N-ethyl adjacent to an activating group) is 1. The predicted molar refractivity (Wildman–Crippen MR) is 107 cm³/mol. The molecule has 0 bridgehead atoms. The van der Waals surface area contributed by atoms with Gasteiger partial charge in [0.25, 0.3) is 0 Å². The summed E-state index contributed by atoms with van der Waals surface area (Å²) in [7, 11) is 1.57. The molecular weight excluding hydrogens is 368 g/mol. The van der Waals surface area contributed by atoms with Crippen molar-refractivity contribution >= 4 is 35.2 Å². The Morgan fingerprint density at radius 3 is 2.31 bits per heavy atom. The summed E-state index contributed by atoms with van der Waals surface area (Å²) in [6.07, 6.45) is 0. The van der Waals surface area contributed by atoms with Gasteiger partial charge in [-0.05, 0) is 43.7 Å². The van der Waals surface area contributed by atoms with Crippen LogP contribution in [0.1, 0.15) is 18.1 Å². The average molecular weight is 391 g/mol. The lowest BCUT2D eigenvalue weighted by molar-refractivity contribution is -0.138. The zero-order valence-electron chi connectivity index (χ0n) is 15.2. The van der Waals surface area contributed by atoms with Crippen molar-refractivity contribution in [3.63, 3.8) is 0 Å². The molecule has 0 aliphatic rings. The number of halogens is 1. The van der Waals surface area contributed by atoms with Crippen LogP contribution in [0.4, 0.5) is 0 Å². The lowest BCUT2D eigenvalue weighted by atomic mass is 10.1. The van der Waals surface area contributed by atoms with Crippen LogP contribution in [-0.2, 0) is 16.1 Å². The number of hydrogen-bond acceptors (Lipinski definition) is 3. The summed E-state index contributed by atoms with van der Waals surface area (Å²) in [5.41, 5.74) is 2.11.